The average Bonchev–Trinajstić information content (AvgIpc) is 3.40. The van der Waals surface area contributed by atoms with Crippen molar-refractivity contribution >= 4 is 48.4 Å². The van der Waals surface area contributed by atoms with Gasteiger partial charge >= 0.3 is 13.7 Å². The summed E-state index contributed by atoms with van der Waals surface area (Å²) < 4.78 is 74.2. The van der Waals surface area contributed by atoms with E-state index in [1.54, 1.807) is 37.4 Å². The molecule has 0 aliphatic carbocycles. The number of aromatic nitrogens is 3. The molecule has 0 radical (unpaired) electrons. The molecule has 4 unspecified atom stereocenters. The van der Waals surface area contributed by atoms with E-state index in [2.05, 4.69) is 25.0 Å². The standard InChI is InChI=1S/C30H39F2N7O8P/c1-7-43-24-22-23(36-27(33)37-24)39(16-35-22)17-45-30(32,26(41)29(39,6)31)15-46-48(42,38-18(2)25(40)44-14-28(3,4)5)47-21-12-8-11-20-19(21)10-9-13-34-20/h8-13,16,18,26,41H,7,14-15,17H2,1-6H3,(H,38,42)(H2,33,36,37)/q+1/t18?,26-,29?,30+,39?,48?/m0/s1. The molecule has 4 N–H and O–H groups in total. The second kappa shape index (κ2) is 12.9. The Hall–Kier alpha value is -3.86. The molecule has 1 saturated heterocycles. The fourth-order valence-corrected chi connectivity index (χ4v) is 6.61. The molecule has 48 heavy (non-hydrogen) atoms. The van der Waals surface area contributed by atoms with Crippen LogP contribution in [0.15, 0.2) is 41.5 Å². The maximum atomic E-state index is 16.8. The minimum atomic E-state index is -4.72. The van der Waals surface area contributed by atoms with Crippen LogP contribution in [0.3, 0.4) is 0 Å². The summed E-state index contributed by atoms with van der Waals surface area (Å²) in [6.45, 7) is 7.71. The van der Waals surface area contributed by atoms with Gasteiger partial charge in [-0.2, -0.15) is 28.9 Å². The molecule has 6 atom stereocenters. The number of rotatable bonds is 11. The van der Waals surface area contributed by atoms with Gasteiger partial charge in [0.25, 0.3) is 23.3 Å². The quantitative estimate of drug-likeness (QED) is 0.111. The minimum Gasteiger partial charge on any atom is -0.476 e. The summed E-state index contributed by atoms with van der Waals surface area (Å²) in [7, 11) is -4.72. The van der Waals surface area contributed by atoms with E-state index in [9.17, 15) is 14.5 Å². The number of fused-ring (bicyclic) bond motifs is 3. The van der Waals surface area contributed by atoms with Crippen LogP contribution < -0.4 is 24.6 Å². The molecule has 1 aromatic carbocycles. The molecule has 2 aliphatic heterocycles. The zero-order chi connectivity index (χ0) is 35.1. The number of ether oxygens (including phenoxy) is 3. The number of nitrogens with zero attached hydrogens (tertiary/aromatic N) is 5. The Labute approximate surface area is 275 Å². The molecule has 260 valence electrons. The van der Waals surface area contributed by atoms with E-state index in [-0.39, 0.29) is 47.7 Å². The molecule has 5 rings (SSSR count). The maximum Gasteiger partial charge on any atom is 0.459 e. The van der Waals surface area contributed by atoms with Crippen molar-refractivity contribution in [2.75, 3.05) is 32.3 Å². The normalized spacial score (nSPS) is 27.0. The van der Waals surface area contributed by atoms with Crippen LogP contribution in [0, 0.1) is 5.41 Å². The van der Waals surface area contributed by atoms with Crippen molar-refractivity contribution in [3.05, 3.63) is 36.5 Å². The van der Waals surface area contributed by atoms with Gasteiger partial charge in [-0.1, -0.05) is 26.8 Å². The van der Waals surface area contributed by atoms with Crippen molar-refractivity contribution in [1.29, 1.82) is 0 Å². The molecule has 1 fully saturated rings. The van der Waals surface area contributed by atoms with Gasteiger partial charge < -0.3 is 24.8 Å². The minimum absolute atomic E-state index is 0.0248. The third-order valence-electron chi connectivity index (χ3n) is 7.70. The molecule has 0 saturated carbocycles. The van der Waals surface area contributed by atoms with Crippen molar-refractivity contribution in [1.82, 2.24) is 24.5 Å². The molecule has 2 aromatic heterocycles. The Balaban J connectivity index is 1.42. The topological polar surface area (TPSA) is 190 Å². The number of pyridine rings is 1. The molecular formula is C30H39F2N7O8P+. The number of hydrogen-bond acceptors (Lipinski definition) is 13. The zero-order valence-corrected chi connectivity index (χ0v) is 28.2. The van der Waals surface area contributed by atoms with E-state index < -0.39 is 55.3 Å². The Kier molecular flexibility index (Phi) is 9.51. The number of nitrogens with one attached hydrogen (secondary N) is 1. The number of halogens is 2. The van der Waals surface area contributed by atoms with E-state index in [1.807, 2.05) is 20.8 Å². The number of carbonyl (C=O) groups is 1. The first-order valence-corrected chi connectivity index (χ1v) is 16.6. The van der Waals surface area contributed by atoms with E-state index in [1.165, 1.54) is 13.0 Å². The van der Waals surface area contributed by atoms with E-state index in [0.29, 0.717) is 10.9 Å². The molecule has 3 aromatic rings. The number of aliphatic imine (C=N–C) groups is 1. The average molecular weight is 695 g/mol. The Morgan fingerprint density at radius 1 is 1.27 bits per heavy atom. The summed E-state index contributed by atoms with van der Waals surface area (Å²) >= 11 is 0. The SMILES string of the molecule is CCOc1nc(N)nc2c1N=C[N+]21CO[C@](F)(COP(=O)(NC(C)C(=O)OCC(C)(C)C)Oc2cccc3ncccc23)[C@@H](O)C1(C)F. The third-order valence-corrected chi connectivity index (χ3v) is 9.31. The van der Waals surface area contributed by atoms with E-state index >= 15 is 8.78 Å². The number of esters is 1. The molecule has 15 nitrogen and oxygen atoms in total. The Morgan fingerprint density at radius 2 is 2.02 bits per heavy atom. The number of nitrogens with two attached hydrogens (primary N) is 1. The highest BCUT2D eigenvalue weighted by Crippen LogP contribution is 2.54. The highest BCUT2D eigenvalue weighted by atomic mass is 31.2. The van der Waals surface area contributed by atoms with Gasteiger partial charge in [0.2, 0.25) is 30.8 Å². The number of hydrogen-bond donors (Lipinski definition) is 3. The van der Waals surface area contributed by atoms with Gasteiger partial charge in [-0.3, -0.25) is 19.0 Å². The predicted octanol–water partition coefficient (Wildman–Crippen LogP) is 4.46. The van der Waals surface area contributed by atoms with Crippen molar-refractivity contribution in [2.45, 2.75) is 65.3 Å². The summed E-state index contributed by atoms with van der Waals surface area (Å²) in [5, 5.41) is 14.1. The number of nitrogen functional groups attached to an aromatic ring is 1. The second-order valence-corrected chi connectivity index (χ2v) is 14.5. The molecule has 0 amide bonds. The summed E-state index contributed by atoms with van der Waals surface area (Å²) in [5.74, 6) is -7.38. The first kappa shape index (κ1) is 35.4. The number of quaternary nitrogens is 1. The van der Waals surface area contributed by atoms with Crippen LogP contribution in [0.1, 0.15) is 41.5 Å². The van der Waals surface area contributed by atoms with Crippen molar-refractivity contribution in [2.24, 2.45) is 10.4 Å². The lowest BCUT2D eigenvalue weighted by molar-refractivity contribution is -0.319. The molecule has 0 bridgehead atoms. The highest BCUT2D eigenvalue weighted by Gasteiger charge is 2.70. The fraction of sp³-hybridized carbons (Fsp3) is 0.500. The van der Waals surface area contributed by atoms with Crippen LogP contribution in [-0.4, -0.2) is 82.7 Å². The third kappa shape index (κ3) is 6.70. The predicted molar refractivity (Wildman–Crippen MR) is 172 cm³/mol. The molecule has 4 heterocycles. The number of aliphatic hydroxyl groups is 1. The van der Waals surface area contributed by atoms with Gasteiger partial charge in [0.05, 0.1) is 18.7 Å². The zero-order valence-electron chi connectivity index (χ0n) is 27.3. The van der Waals surface area contributed by atoms with Gasteiger partial charge in [0.15, 0.2) is 0 Å². The number of alkyl halides is 2. The highest BCUT2D eigenvalue weighted by molar-refractivity contribution is 7.52. The Morgan fingerprint density at radius 3 is 2.73 bits per heavy atom. The monoisotopic (exact) mass is 694 g/mol. The van der Waals surface area contributed by atoms with Crippen molar-refractivity contribution in [3.63, 3.8) is 0 Å². The van der Waals surface area contributed by atoms with Gasteiger partial charge in [-0.15, -0.1) is 0 Å². The molecule has 1 spiro atoms. The van der Waals surface area contributed by atoms with E-state index in [4.69, 9.17) is 29.0 Å². The largest absolute Gasteiger partial charge is 0.476 e. The summed E-state index contributed by atoms with van der Waals surface area (Å²) in [5.41, 5.74) is 6.00. The van der Waals surface area contributed by atoms with Gasteiger partial charge in [0.1, 0.15) is 18.4 Å². The van der Waals surface area contributed by atoms with Crippen LogP contribution in [0.5, 0.6) is 11.6 Å². The number of benzene rings is 1. The molecular weight excluding hydrogens is 655 g/mol. The van der Waals surface area contributed by atoms with Crippen molar-refractivity contribution in [3.8, 4) is 11.6 Å². The summed E-state index contributed by atoms with van der Waals surface area (Å²) in [6.07, 6.45) is 0.0554. The van der Waals surface area contributed by atoms with Crippen molar-refractivity contribution < 1.29 is 46.5 Å². The maximum absolute atomic E-state index is 16.8. The first-order valence-electron chi connectivity index (χ1n) is 15.1. The van der Waals surface area contributed by atoms with Crippen LogP contribution >= 0.6 is 7.75 Å². The summed E-state index contributed by atoms with van der Waals surface area (Å²) in [4.78, 5) is 29.3. The van der Waals surface area contributed by atoms with Crippen LogP contribution in [-0.2, 0) is 23.4 Å². The van der Waals surface area contributed by atoms with Crippen LogP contribution in [0.4, 0.5) is 26.2 Å². The smallest absolute Gasteiger partial charge is 0.459 e. The molecule has 18 heteroatoms. The second-order valence-electron chi connectivity index (χ2n) is 12.8. The lowest BCUT2D eigenvalue weighted by Crippen LogP contribution is -2.76. The number of anilines is 1. The van der Waals surface area contributed by atoms with E-state index in [0.717, 1.165) is 13.3 Å². The lowest BCUT2D eigenvalue weighted by Gasteiger charge is -2.49. The first-order chi connectivity index (χ1) is 22.4. The number of aliphatic hydroxyl groups excluding tert-OH is 1. The summed E-state index contributed by atoms with van der Waals surface area (Å²) in [6, 6.07) is 6.74. The van der Waals surface area contributed by atoms with Crippen LogP contribution in [0.2, 0.25) is 0 Å². The number of carbonyl (C=O) groups excluding carboxylic acids is 1. The van der Waals surface area contributed by atoms with Gasteiger partial charge in [-0.05, 0) is 43.5 Å². The Bertz CT molecular complexity index is 1770. The van der Waals surface area contributed by atoms with Crippen LogP contribution in [0.25, 0.3) is 10.9 Å². The molecule has 2 aliphatic rings. The van der Waals surface area contributed by atoms with Gasteiger partial charge in [0, 0.05) is 18.5 Å². The fourth-order valence-electron chi connectivity index (χ4n) is 5.09. The van der Waals surface area contributed by atoms with Gasteiger partial charge in [-0.25, -0.2) is 8.96 Å². The lowest BCUT2D eigenvalue weighted by atomic mass is 9.97.